The quantitative estimate of drug-likeness (QED) is 0.696. The lowest BCUT2D eigenvalue weighted by molar-refractivity contribution is -0.139. The average molecular weight is 239 g/mol. The van der Waals surface area contributed by atoms with Crippen LogP contribution >= 0.6 is 0 Å². The van der Waals surface area contributed by atoms with Gasteiger partial charge in [-0.25, -0.2) is 0 Å². The van der Waals surface area contributed by atoms with Gasteiger partial charge >= 0.3 is 5.97 Å². The van der Waals surface area contributed by atoms with Crippen LogP contribution in [0.15, 0.2) is 24.3 Å². The van der Waals surface area contributed by atoms with Crippen molar-refractivity contribution in [2.75, 3.05) is 27.4 Å². The highest BCUT2D eigenvalue weighted by Gasteiger charge is 2.19. The van der Waals surface area contributed by atoms with Crippen molar-refractivity contribution in [2.45, 2.75) is 6.04 Å². The molecule has 1 unspecified atom stereocenters. The zero-order chi connectivity index (χ0) is 12.7. The topological polar surface area (TPSA) is 67.8 Å². The molecule has 0 saturated heterocycles. The third-order valence-electron chi connectivity index (χ3n) is 2.33. The van der Waals surface area contributed by atoms with E-state index in [9.17, 15) is 4.79 Å². The van der Waals surface area contributed by atoms with Crippen LogP contribution in [0.5, 0.6) is 5.75 Å². The Hall–Kier alpha value is -1.59. The van der Waals surface area contributed by atoms with Crippen LogP contribution in [0.2, 0.25) is 0 Å². The van der Waals surface area contributed by atoms with Crippen molar-refractivity contribution in [3.63, 3.8) is 0 Å². The second-order valence-corrected chi connectivity index (χ2v) is 3.49. The van der Waals surface area contributed by atoms with Gasteiger partial charge in [0.25, 0.3) is 0 Å². The van der Waals surface area contributed by atoms with E-state index in [4.69, 9.17) is 14.6 Å². The number of rotatable bonds is 7. The molecule has 0 spiro atoms. The van der Waals surface area contributed by atoms with Gasteiger partial charge in [0, 0.05) is 13.7 Å². The van der Waals surface area contributed by atoms with Gasteiger partial charge in [0.05, 0.1) is 13.7 Å². The Bertz CT molecular complexity index is 367. The highest BCUT2D eigenvalue weighted by atomic mass is 16.5. The number of carbonyl (C=O) groups is 1. The SMILES string of the molecule is COCCNC(C(=O)O)c1cccc(OC)c1. The van der Waals surface area contributed by atoms with Crippen LogP contribution in [0.4, 0.5) is 0 Å². The first kappa shape index (κ1) is 13.5. The van der Waals surface area contributed by atoms with Crippen LogP contribution in [0.25, 0.3) is 0 Å². The Balaban J connectivity index is 2.78. The summed E-state index contributed by atoms with van der Waals surface area (Å²) in [6, 6.07) is 6.25. The van der Waals surface area contributed by atoms with Gasteiger partial charge in [-0.15, -0.1) is 0 Å². The maximum Gasteiger partial charge on any atom is 0.325 e. The fourth-order valence-corrected chi connectivity index (χ4v) is 1.47. The third kappa shape index (κ3) is 4.05. The number of ether oxygens (including phenoxy) is 2. The molecule has 0 bridgehead atoms. The molecule has 1 rings (SSSR count). The smallest absolute Gasteiger partial charge is 0.325 e. The summed E-state index contributed by atoms with van der Waals surface area (Å²) in [4.78, 5) is 11.1. The van der Waals surface area contributed by atoms with Crippen LogP contribution in [-0.2, 0) is 9.53 Å². The number of carboxylic acids is 1. The molecule has 1 aromatic carbocycles. The van der Waals surface area contributed by atoms with E-state index >= 15 is 0 Å². The number of benzene rings is 1. The second-order valence-electron chi connectivity index (χ2n) is 3.49. The predicted molar refractivity (Wildman–Crippen MR) is 63.2 cm³/mol. The summed E-state index contributed by atoms with van der Waals surface area (Å²) >= 11 is 0. The molecule has 0 saturated carbocycles. The van der Waals surface area contributed by atoms with Crippen LogP contribution in [-0.4, -0.2) is 38.4 Å². The van der Waals surface area contributed by atoms with E-state index in [0.717, 1.165) is 0 Å². The average Bonchev–Trinajstić information content (AvgIpc) is 2.34. The molecular formula is C12H17NO4. The summed E-state index contributed by atoms with van der Waals surface area (Å²) < 4.78 is 9.94. The van der Waals surface area contributed by atoms with Crippen molar-refractivity contribution in [1.29, 1.82) is 0 Å². The molecule has 5 heteroatoms. The van der Waals surface area contributed by atoms with Crippen LogP contribution in [0, 0.1) is 0 Å². The summed E-state index contributed by atoms with van der Waals surface area (Å²) in [5.74, 6) is -0.281. The van der Waals surface area contributed by atoms with Gasteiger partial charge in [0.15, 0.2) is 0 Å². The number of methoxy groups -OCH3 is 2. The molecule has 94 valence electrons. The lowest BCUT2D eigenvalue weighted by Gasteiger charge is -2.15. The predicted octanol–water partition coefficient (Wildman–Crippen LogP) is 1.06. The van der Waals surface area contributed by atoms with E-state index in [0.29, 0.717) is 24.5 Å². The van der Waals surface area contributed by atoms with E-state index in [-0.39, 0.29) is 0 Å². The molecule has 5 nitrogen and oxygen atoms in total. The van der Waals surface area contributed by atoms with Crippen molar-refractivity contribution in [3.8, 4) is 5.75 Å². The molecule has 0 fully saturated rings. The highest BCUT2D eigenvalue weighted by Crippen LogP contribution is 2.19. The van der Waals surface area contributed by atoms with E-state index in [1.165, 1.54) is 0 Å². The zero-order valence-corrected chi connectivity index (χ0v) is 9.97. The molecule has 17 heavy (non-hydrogen) atoms. The Morgan fingerprint density at radius 3 is 2.82 bits per heavy atom. The molecule has 1 atom stereocenters. The van der Waals surface area contributed by atoms with Crippen LogP contribution in [0.3, 0.4) is 0 Å². The number of hydrogen-bond donors (Lipinski definition) is 2. The lowest BCUT2D eigenvalue weighted by atomic mass is 10.1. The first-order valence-electron chi connectivity index (χ1n) is 5.28. The summed E-state index contributed by atoms with van der Waals surface area (Å²) in [5.41, 5.74) is 0.660. The molecule has 0 radical (unpaired) electrons. The van der Waals surface area contributed by atoms with Crippen molar-refractivity contribution in [2.24, 2.45) is 0 Å². The summed E-state index contributed by atoms with van der Waals surface area (Å²) in [6.45, 7) is 0.943. The summed E-state index contributed by atoms with van der Waals surface area (Å²) in [6.07, 6.45) is 0. The van der Waals surface area contributed by atoms with Gasteiger partial charge in [-0.3, -0.25) is 10.1 Å². The van der Waals surface area contributed by atoms with Crippen molar-refractivity contribution in [1.82, 2.24) is 5.32 Å². The lowest BCUT2D eigenvalue weighted by Crippen LogP contribution is -2.31. The highest BCUT2D eigenvalue weighted by molar-refractivity contribution is 5.75. The number of carboxylic acid groups (broad SMARTS) is 1. The van der Waals surface area contributed by atoms with Gasteiger partial charge in [-0.1, -0.05) is 12.1 Å². The van der Waals surface area contributed by atoms with Gasteiger partial charge < -0.3 is 14.6 Å². The normalized spacial score (nSPS) is 12.1. The standard InChI is InChI=1S/C12H17NO4/c1-16-7-6-13-11(12(14)15)9-4-3-5-10(8-9)17-2/h3-5,8,11,13H,6-7H2,1-2H3,(H,14,15). The minimum absolute atomic E-state index is 0.466. The third-order valence-corrected chi connectivity index (χ3v) is 2.33. The summed E-state index contributed by atoms with van der Waals surface area (Å²) in [5, 5.41) is 12.1. The van der Waals surface area contributed by atoms with Crippen LogP contribution < -0.4 is 10.1 Å². The Labute approximate surface area is 100 Å². The van der Waals surface area contributed by atoms with Gasteiger partial charge in [-0.05, 0) is 17.7 Å². The van der Waals surface area contributed by atoms with Gasteiger partial charge in [-0.2, -0.15) is 0 Å². The van der Waals surface area contributed by atoms with E-state index in [1.54, 1.807) is 38.5 Å². The second kappa shape index (κ2) is 6.88. The fourth-order valence-electron chi connectivity index (χ4n) is 1.47. The van der Waals surface area contributed by atoms with Crippen molar-refractivity contribution >= 4 is 5.97 Å². The maximum absolute atomic E-state index is 11.1. The molecule has 2 N–H and O–H groups in total. The van der Waals surface area contributed by atoms with Crippen molar-refractivity contribution in [3.05, 3.63) is 29.8 Å². The zero-order valence-electron chi connectivity index (χ0n) is 9.97. The monoisotopic (exact) mass is 239 g/mol. The molecule has 0 aliphatic carbocycles. The van der Waals surface area contributed by atoms with Crippen LogP contribution in [0.1, 0.15) is 11.6 Å². The minimum Gasteiger partial charge on any atom is -0.497 e. The van der Waals surface area contributed by atoms with Crippen molar-refractivity contribution < 1.29 is 19.4 Å². The number of aliphatic carboxylic acids is 1. The van der Waals surface area contributed by atoms with Gasteiger partial charge in [0.1, 0.15) is 11.8 Å². The molecule has 0 heterocycles. The molecule has 1 aromatic rings. The van der Waals surface area contributed by atoms with E-state index in [2.05, 4.69) is 5.32 Å². The van der Waals surface area contributed by atoms with Gasteiger partial charge in [0.2, 0.25) is 0 Å². The summed E-state index contributed by atoms with van der Waals surface area (Å²) in [7, 11) is 3.12. The first-order chi connectivity index (χ1) is 8.19. The molecular weight excluding hydrogens is 222 g/mol. The maximum atomic E-state index is 11.1. The Kier molecular flexibility index (Phi) is 5.45. The number of nitrogens with one attached hydrogen (secondary N) is 1. The van der Waals surface area contributed by atoms with E-state index < -0.39 is 12.0 Å². The first-order valence-corrected chi connectivity index (χ1v) is 5.28. The molecule has 0 amide bonds. The Morgan fingerprint density at radius 2 is 2.24 bits per heavy atom. The fraction of sp³-hybridized carbons (Fsp3) is 0.417. The largest absolute Gasteiger partial charge is 0.497 e. The Morgan fingerprint density at radius 1 is 1.47 bits per heavy atom. The molecule has 0 aromatic heterocycles. The molecule has 0 aliphatic rings. The van der Waals surface area contributed by atoms with E-state index in [1.807, 2.05) is 0 Å². The molecule has 0 aliphatic heterocycles. The minimum atomic E-state index is -0.922. The number of hydrogen-bond acceptors (Lipinski definition) is 4.